The van der Waals surface area contributed by atoms with Crippen molar-refractivity contribution in [1.29, 1.82) is 0 Å². The molecule has 2 aromatic rings. The molecule has 26 heavy (non-hydrogen) atoms. The molecule has 1 fully saturated rings. The minimum Gasteiger partial charge on any atom is -0.368 e. The summed E-state index contributed by atoms with van der Waals surface area (Å²) in [5.41, 5.74) is 5.29. The van der Waals surface area contributed by atoms with E-state index in [9.17, 15) is 0 Å². The fourth-order valence-electron chi connectivity index (χ4n) is 3.55. The Kier molecular flexibility index (Phi) is 7.28. The second kappa shape index (κ2) is 9.89. The number of ether oxygens (including phenoxy) is 2. The van der Waals surface area contributed by atoms with Crippen LogP contribution in [0.5, 0.6) is 0 Å². The molecular formula is C24H32O2. The first kappa shape index (κ1) is 19.1. The molecule has 3 rings (SSSR count). The molecule has 0 bridgehead atoms. The Morgan fingerprint density at radius 2 is 1.19 bits per heavy atom. The Balaban J connectivity index is 1.59. The average molecular weight is 353 g/mol. The van der Waals surface area contributed by atoms with Crippen molar-refractivity contribution in [3.05, 3.63) is 70.8 Å². The predicted octanol–water partition coefficient (Wildman–Crippen LogP) is 6.20. The molecule has 1 saturated heterocycles. The lowest BCUT2D eigenvalue weighted by Crippen LogP contribution is -2.25. The molecule has 2 atom stereocenters. The van der Waals surface area contributed by atoms with E-state index in [0.29, 0.717) is 13.2 Å². The number of benzene rings is 2. The highest BCUT2D eigenvalue weighted by molar-refractivity contribution is 5.28. The van der Waals surface area contributed by atoms with Gasteiger partial charge in [-0.3, -0.25) is 0 Å². The number of hydrogen-bond donors (Lipinski definition) is 0. The summed E-state index contributed by atoms with van der Waals surface area (Å²) in [7, 11) is 0. The average Bonchev–Trinajstić information content (AvgIpc) is 2.71. The molecule has 0 amide bonds. The molecule has 0 radical (unpaired) electrons. The summed E-state index contributed by atoms with van der Waals surface area (Å²) in [6, 6.07) is 17.6. The normalized spacial score (nSPS) is 20.2. The number of unbranched alkanes of at least 4 members (excludes halogenated alkanes) is 2. The van der Waals surface area contributed by atoms with Gasteiger partial charge in [-0.2, -0.15) is 0 Å². The van der Waals surface area contributed by atoms with E-state index in [4.69, 9.17) is 9.47 Å². The van der Waals surface area contributed by atoms with Crippen LogP contribution in [0.25, 0.3) is 0 Å². The van der Waals surface area contributed by atoms with E-state index in [0.717, 1.165) is 12.8 Å². The first-order valence-electron chi connectivity index (χ1n) is 10.2. The molecule has 2 aromatic carbocycles. The molecule has 1 aliphatic rings. The molecule has 0 aliphatic carbocycles. The second-order valence-corrected chi connectivity index (χ2v) is 7.34. The van der Waals surface area contributed by atoms with Crippen LogP contribution in [-0.2, 0) is 22.3 Å². The van der Waals surface area contributed by atoms with Gasteiger partial charge in [0.15, 0.2) is 0 Å². The van der Waals surface area contributed by atoms with E-state index in [-0.39, 0.29) is 12.2 Å². The van der Waals surface area contributed by atoms with Gasteiger partial charge >= 0.3 is 0 Å². The summed E-state index contributed by atoms with van der Waals surface area (Å²) in [6.45, 7) is 5.72. The van der Waals surface area contributed by atoms with Gasteiger partial charge in [0.05, 0.1) is 13.2 Å². The van der Waals surface area contributed by atoms with Crippen molar-refractivity contribution < 1.29 is 9.47 Å². The molecule has 2 nitrogen and oxygen atoms in total. The summed E-state index contributed by atoms with van der Waals surface area (Å²) in [5, 5.41) is 0. The zero-order valence-electron chi connectivity index (χ0n) is 16.2. The summed E-state index contributed by atoms with van der Waals surface area (Å²) in [6.07, 6.45) is 7.32. The summed E-state index contributed by atoms with van der Waals surface area (Å²) < 4.78 is 12.4. The standard InChI is InChI=1S/C24H32O2/c1-3-5-9-19-11-7-13-21(15-19)23-17-26-24(18-25-23)22-14-8-12-20(16-22)10-6-4-2/h7-8,11-16,23-24H,3-6,9-10,17-18H2,1-2H3. The molecular weight excluding hydrogens is 320 g/mol. The summed E-state index contributed by atoms with van der Waals surface area (Å²) in [4.78, 5) is 0. The van der Waals surface area contributed by atoms with Crippen LogP contribution in [0.1, 0.15) is 74.0 Å². The maximum absolute atomic E-state index is 6.19. The fraction of sp³-hybridized carbons (Fsp3) is 0.500. The van der Waals surface area contributed by atoms with Crippen LogP contribution in [0, 0.1) is 0 Å². The third-order valence-corrected chi connectivity index (χ3v) is 5.18. The maximum Gasteiger partial charge on any atom is 0.106 e. The van der Waals surface area contributed by atoms with Gasteiger partial charge in [0, 0.05) is 0 Å². The molecule has 1 heterocycles. The minimum atomic E-state index is 0.0519. The first-order chi connectivity index (χ1) is 12.8. The van der Waals surface area contributed by atoms with Crippen molar-refractivity contribution in [1.82, 2.24) is 0 Å². The van der Waals surface area contributed by atoms with Gasteiger partial charge < -0.3 is 9.47 Å². The van der Waals surface area contributed by atoms with Gasteiger partial charge in [-0.25, -0.2) is 0 Å². The number of hydrogen-bond acceptors (Lipinski definition) is 2. The Morgan fingerprint density at radius 1 is 0.731 bits per heavy atom. The van der Waals surface area contributed by atoms with E-state index < -0.39 is 0 Å². The van der Waals surface area contributed by atoms with Crippen molar-refractivity contribution in [2.24, 2.45) is 0 Å². The van der Waals surface area contributed by atoms with Gasteiger partial charge in [-0.1, -0.05) is 75.2 Å². The topological polar surface area (TPSA) is 18.5 Å². The molecule has 140 valence electrons. The van der Waals surface area contributed by atoms with E-state index in [2.05, 4.69) is 62.4 Å². The molecule has 0 spiro atoms. The van der Waals surface area contributed by atoms with Crippen LogP contribution in [-0.4, -0.2) is 13.2 Å². The van der Waals surface area contributed by atoms with Gasteiger partial charge in [0.25, 0.3) is 0 Å². The van der Waals surface area contributed by atoms with Crippen LogP contribution in [0.3, 0.4) is 0 Å². The van der Waals surface area contributed by atoms with Gasteiger partial charge in [0.1, 0.15) is 12.2 Å². The monoisotopic (exact) mass is 352 g/mol. The lowest BCUT2D eigenvalue weighted by atomic mass is 10.0. The maximum atomic E-state index is 6.19. The zero-order valence-corrected chi connectivity index (χ0v) is 16.2. The van der Waals surface area contributed by atoms with Crippen LogP contribution in [0.4, 0.5) is 0 Å². The highest BCUT2D eigenvalue weighted by Crippen LogP contribution is 2.30. The van der Waals surface area contributed by atoms with Gasteiger partial charge in [-0.05, 0) is 47.9 Å². The Bertz CT molecular complexity index is 612. The number of rotatable bonds is 8. The highest BCUT2D eigenvalue weighted by atomic mass is 16.6. The van der Waals surface area contributed by atoms with Crippen molar-refractivity contribution in [2.45, 2.75) is 64.6 Å². The van der Waals surface area contributed by atoms with E-state index in [1.807, 2.05) is 0 Å². The van der Waals surface area contributed by atoms with E-state index >= 15 is 0 Å². The van der Waals surface area contributed by atoms with Crippen LogP contribution in [0.2, 0.25) is 0 Å². The Morgan fingerprint density at radius 3 is 1.58 bits per heavy atom. The molecule has 2 heteroatoms. The van der Waals surface area contributed by atoms with Gasteiger partial charge in [-0.15, -0.1) is 0 Å². The third kappa shape index (κ3) is 5.18. The molecule has 0 aromatic heterocycles. The smallest absolute Gasteiger partial charge is 0.106 e. The lowest BCUT2D eigenvalue weighted by Gasteiger charge is -2.30. The van der Waals surface area contributed by atoms with Crippen LogP contribution >= 0.6 is 0 Å². The van der Waals surface area contributed by atoms with Crippen molar-refractivity contribution in [3.8, 4) is 0 Å². The Labute approximate surface area is 158 Å². The molecule has 2 unspecified atom stereocenters. The Hall–Kier alpha value is -1.64. The zero-order chi connectivity index (χ0) is 18.2. The highest BCUT2D eigenvalue weighted by Gasteiger charge is 2.25. The molecule has 1 aliphatic heterocycles. The van der Waals surface area contributed by atoms with Crippen molar-refractivity contribution in [3.63, 3.8) is 0 Å². The van der Waals surface area contributed by atoms with E-state index in [1.54, 1.807) is 0 Å². The largest absolute Gasteiger partial charge is 0.368 e. The van der Waals surface area contributed by atoms with Crippen LogP contribution in [0.15, 0.2) is 48.5 Å². The minimum absolute atomic E-state index is 0.0519. The van der Waals surface area contributed by atoms with Crippen molar-refractivity contribution >= 4 is 0 Å². The summed E-state index contributed by atoms with van der Waals surface area (Å²) >= 11 is 0. The summed E-state index contributed by atoms with van der Waals surface area (Å²) in [5.74, 6) is 0. The quantitative estimate of drug-likeness (QED) is 0.563. The predicted molar refractivity (Wildman–Crippen MR) is 107 cm³/mol. The van der Waals surface area contributed by atoms with Crippen molar-refractivity contribution in [2.75, 3.05) is 13.2 Å². The van der Waals surface area contributed by atoms with Gasteiger partial charge in [0.2, 0.25) is 0 Å². The van der Waals surface area contributed by atoms with Crippen LogP contribution < -0.4 is 0 Å². The third-order valence-electron chi connectivity index (χ3n) is 5.18. The molecule has 0 N–H and O–H groups in total. The fourth-order valence-corrected chi connectivity index (χ4v) is 3.55. The first-order valence-corrected chi connectivity index (χ1v) is 10.2. The second-order valence-electron chi connectivity index (χ2n) is 7.34. The van der Waals surface area contributed by atoms with E-state index in [1.165, 1.54) is 47.9 Å². The SMILES string of the molecule is CCCCc1cccc(C2COC(c3cccc(CCCC)c3)CO2)c1. The lowest BCUT2D eigenvalue weighted by molar-refractivity contribution is -0.137. The number of aryl methyl sites for hydroxylation is 2. The molecule has 0 saturated carbocycles.